The molecule has 2 heterocycles. The van der Waals surface area contributed by atoms with E-state index in [4.69, 9.17) is 14.2 Å². The summed E-state index contributed by atoms with van der Waals surface area (Å²) >= 11 is 0. The zero-order chi connectivity index (χ0) is 22.5. The van der Waals surface area contributed by atoms with Crippen LogP contribution in [0.2, 0.25) is 0 Å². The van der Waals surface area contributed by atoms with Crippen LogP contribution in [0.25, 0.3) is 5.57 Å². The lowest BCUT2D eigenvalue weighted by atomic mass is 10.0. The van der Waals surface area contributed by atoms with Gasteiger partial charge in [0.2, 0.25) is 0 Å². The predicted molar refractivity (Wildman–Crippen MR) is 119 cm³/mol. The number of ether oxygens (including phenoxy) is 3. The van der Waals surface area contributed by atoms with Gasteiger partial charge in [-0.25, -0.2) is 0 Å². The van der Waals surface area contributed by atoms with Crippen LogP contribution in [0, 0.1) is 0 Å². The molecule has 1 fully saturated rings. The van der Waals surface area contributed by atoms with E-state index >= 15 is 0 Å². The number of rotatable bonds is 9. The summed E-state index contributed by atoms with van der Waals surface area (Å²) < 4.78 is 17.0. The third kappa shape index (κ3) is 5.46. The topological polar surface area (TPSA) is 68.3 Å². The van der Waals surface area contributed by atoms with Crippen LogP contribution in [0.1, 0.15) is 46.6 Å². The predicted octanol–water partition coefficient (Wildman–Crippen LogP) is 3.09. The fourth-order valence-electron chi connectivity index (χ4n) is 4.12. The van der Waals surface area contributed by atoms with Gasteiger partial charge in [-0.2, -0.15) is 0 Å². The number of benzene rings is 1. The summed E-state index contributed by atoms with van der Waals surface area (Å²) in [7, 11) is 0. The van der Waals surface area contributed by atoms with E-state index in [2.05, 4.69) is 0 Å². The van der Waals surface area contributed by atoms with Crippen molar-refractivity contribution in [2.24, 2.45) is 0 Å². The molecule has 0 spiro atoms. The van der Waals surface area contributed by atoms with Gasteiger partial charge in [-0.15, -0.1) is 0 Å². The summed E-state index contributed by atoms with van der Waals surface area (Å²) in [5, 5.41) is 0. The van der Waals surface area contributed by atoms with Crippen molar-refractivity contribution in [1.29, 1.82) is 0 Å². The van der Waals surface area contributed by atoms with Crippen molar-refractivity contribution in [3.8, 4) is 5.75 Å². The smallest absolute Gasteiger partial charge is 0.277 e. The molecule has 0 aromatic heterocycles. The second-order valence-electron chi connectivity index (χ2n) is 8.39. The minimum absolute atomic E-state index is 0.0192. The van der Waals surface area contributed by atoms with Gasteiger partial charge in [0.15, 0.2) is 0 Å². The van der Waals surface area contributed by atoms with Crippen LogP contribution in [-0.2, 0) is 19.1 Å². The monoisotopic (exact) mass is 430 g/mol. The second kappa shape index (κ2) is 10.3. The van der Waals surface area contributed by atoms with E-state index in [9.17, 15) is 9.59 Å². The standard InChI is InChI=1S/C24H34N2O5/c1-6-29-13-7-12-26-23(27)21(19-8-10-20(11-9-19)30-16(2)3)22(24(26)28)25-14-17(4)31-18(5)15-25/h8-11,16-18H,6-7,12-15H2,1-5H3. The van der Waals surface area contributed by atoms with Crippen molar-refractivity contribution in [2.45, 2.75) is 59.4 Å². The van der Waals surface area contributed by atoms with Crippen molar-refractivity contribution in [1.82, 2.24) is 9.80 Å². The lowest BCUT2D eigenvalue weighted by Crippen LogP contribution is -2.47. The maximum Gasteiger partial charge on any atom is 0.277 e. The van der Waals surface area contributed by atoms with Gasteiger partial charge < -0.3 is 19.1 Å². The van der Waals surface area contributed by atoms with Crippen molar-refractivity contribution in [3.63, 3.8) is 0 Å². The number of morpholine rings is 1. The maximum atomic E-state index is 13.4. The second-order valence-corrected chi connectivity index (χ2v) is 8.39. The summed E-state index contributed by atoms with van der Waals surface area (Å²) in [6.45, 7) is 12.5. The fraction of sp³-hybridized carbons (Fsp3) is 0.583. The molecule has 0 aliphatic carbocycles. The molecule has 2 atom stereocenters. The van der Waals surface area contributed by atoms with Crippen LogP contribution in [0.15, 0.2) is 30.0 Å². The molecule has 1 saturated heterocycles. The zero-order valence-corrected chi connectivity index (χ0v) is 19.2. The third-order valence-corrected chi connectivity index (χ3v) is 5.27. The SMILES string of the molecule is CCOCCCN1C(=O)C(c2ccc(OC(C)C)cc2)=C(N2CC(C)OC(C)C2)C1=O. The molecule has 170 valence electrons. The van der Waals surface area contributed by atoms with Gasteiger partial charge in [0.05, 0.1) is 23.9 Å². The molecule has 0 N–H and O–H groups in total. The molecular formula is C24H34N2O5. The lowest BCUT2D eigenvalue weighted by molar-refractivity contribution is -0.138. The number of nitrogens with zero attached hydrogens (tertiary/aromatic N) is 2. The Balaban J connectivity index is 1.93. The van der Waals surface area contributed by atoms with Crippen LogP contribution in [0.3, 0.4) is 0 Å². The highest BCUT2D eigenvalue weighted by atomic mass is 16.5. The molecule has 2 aliphatic heterocycles. The minimum atomic E-state index is -0.249. The first-order valence-electron chi connectivity index (χ1n) is 11.2. The molecule has 7 nitrogen and oxygen atoms in total. The van der Waals surface area contributed by atoms with E-state index in [1.54, 1.807) is 0 Å². The molecule has 0 radical (unpaired) electrons. The number of carbonyl (C=O) groups excluding carboxylic acids is 2. The molecule has 31 heavy (non-hydrogen) atoms. The Kier molecular flexibility index (Phi) is 7.73. The molecule has 3 rings (SSSR count). The van der Waals surface area contributed by atoms with Crippen molar-refractivity contribution in [3.05, 3.63) is 35.5 Å². The van der Waals surface area contributed by atoms with Gasteiger partial charge in [0, 0.05) is 32.8 Å². The lowest BCUT2D eigenvalue weighted by Gasteiger charge is -2.37. The van der Waals surface area contributed by atoms with Crippen LogP contribution < -0.4 is 4.74 Å². The third-order valence-electron chi connectivity index (χ3n) is 5.27. The Hall–Kier alpha value is -2.38. The highest BCUT2D eigenvalue weighted by Crippen LogP contribution is 2.34. The number of amides is 2. The first kappa shape index (κ1) is 23.3. The van der Waals surface area contributed by atoms with Gasteiger partial charge in [0.25, 0.3) is 11.8 Å². The first-order chi connectivity index (χ1) is 14.8. The number of hydrogen-bond acceptors (Lipinski definition) is 6. The molecule has 7 heteroatoms. The Bertz CT molecular complexity index is 808. The average molecular weight is 431 g/mol. The Labute approximate surface area is 184 Å². The van der Waals surface area contributed by atoms with Gasteiger partial charge in [-0.05, 0) is 58.7 Å². The number of carbonyl (C=O) groups is 2. The van der Waals surface area contributed by atoms with E-state index in [0.29, 0.717) is 50.5 Å². The van der Waals surface area contributed by atoms with Crippen molar-refractivity contribution >= 4 is 17.4 Å². The van der Waals surface area contributed by atoms with E-state index in [-0.39, 0.29) is 30.1 Å². The largest absolute Gasteiger partial charge is 0.491 e. The quantitative estimate of drug-likeness (QED) is 0.443. The van der Waals surface area contributed by atoms with Crippen molar-refractivity contribution < 1.29 is 23.8 Å². The number of imide groups is 1. The Morgan fingerprint density at radius 2 is 1.71 bits per heavy atom. The number of hydrogen-bond donors (Lipinski definition) is 0. The van der Waals surface area contributed by atoms with Crippen LogP contribution in [-0.4, -0.2) is 72.8 Å². The van der Waals surface area contributed by atoms with Gasteiger partial charge in [0.1, 0.15) is 11.4 Å². The highest BCUT2D eigenvalue weighted by Gasteiger charge is 2.42. The maximum absolute atomic E-state index is 13.4. The minimum Gasteiger partial charge on any atom is -0.491 e. The van der Waals surface area contributed by atoms with Gasteiger partial charge in [-0.1, -0.05) is 12.1 Å². The zero-order valence-electron chi connectivity index (χ0n) is 19.2. The summed E-state index contributed by atoms with van der Waals surface area (Å²) in [5.41, 5.74) is 1.66. The Morgan fingerprint density at radius 1 is 1.06 bits per heavy atom. The van der Waals surface area contributed by atoms with Crippen molar-refractivity contribution in [2.75, 3.05) is 32.8 Å². The van der Waals surface area contributed by atoms with Crippen LogP contribution in [0.4, 0.5) is 0 Å². The molecule has 2 unspecified atom stereocenters. The molecule has 1 aromatic carbocycles. The average Bonchev–Trinajstić information content (AvgIpc) is 2.95. The van der Waals surface area contributed by atoms with Gasteiger partial charge in [-0.3, -0.25) is 14.5 Å². The van der Waals surface area contributed by atoms with Gasteiger partial charge >= 0.3 is 0 Å². The summed E-state index contributed by atoms with van der Waals surface area (Å²) in [5.74, 6) is 0.251. The fourth-order valence-corrected chi connectivity index (χ4v) is 4.12. The molecule has 0 saturated carbocycles. The molecule has 2 amide bonds. The summed E-state index contributed by atoms with van der Waals surface area (Å²) in [6.07, 6.45) is 0.638. The first-order valence-corrected chi connectivity index (χ1v) is 11.2. The van der Waals surface area contributed by atoms with E-state index < -0.39 is 0 Å². The van der Waals surface area contributed by atoms with Crippen LogP contribution in [0.5, 0.6) is 5.75 Å². The summed E-state index contributed by atoms with van der Waals surface area (Å²) in [4.78, 5) is 30.1. The normalized spacial score (nSPS) is 22.1. The molecular weight excluding hydrogens is 396 g/mol. The molecule has 2 aliphatic rings. The molecule has 0 bridgehead atoms. The van der Waals surface area contributed by atoms with Crippen LogP contribution >= 0.6 is 0 Å². The van der Waals surface area contributed by atoms with E-state index in [0.717, 1.165) is 11.3 Å². The van der Waals surface area contributed by atoms with E-state index in [1.807, 2.05) is 63.8 Å². The van der Waals surface area contributed by atoms with E-state index in [1.165, 1.54) is 4.90 Å². The molecule has 1 aromatic rings. The summed E-state index contributed by atoms with van der Waals surface area (Å²) in [6, 6.07) is 7.41. The highest BCUT2D eigenvalue weighted by molar-refractivity contribution is 6.35. The Morgan fingerprint density at radius 3 is 2.29 bits per heavy atom.